The van der Waals surface area contributed by atoms with Gasteiger partial charge in [-0.2, -0.15) is 0 Å². The summed E-state index contributed by atoms with van der Waals surface area (Å²) in [5.74, 6) is 0.670. The third-order valence-corrected chi connectivity index (χ3v) is 3.95. The van der Waals surface area contributed by atoms with Gasteiger partial charge in [0.15, 0.2) is 0 Å². The Morgan fingerprint density at radius 1 is 1.32 bits per heavy atom. The van der Waals surface area contributed by atoms with Crippen molar-refractivity contribution in [1.82, 2.24) is 10.3 Å². The van der Waals surface area contributed by atoms with Gasteiger partial charge in [0, 0.05) is 30.6 Å². The molecule has 0 radical (unpaired) electrons. The molecule has 1 aromatic rings. The highest BCUT2D eigenvalue weighted by atomic mass is 16.5. The summed E-state index contributed by atoms with van der Waals surface area (Å²) in [6.07, 6.45) is 3.46. The lowest BCUT2D eigenvalue weighted by atomic mass is 9.86. The van der Waals surface area contributed by atoms with Crippen LogP contribution in [0.3, 0.4) is 0 Å². The van der Waals surface area contributed by atoms with Crippen LogP contribution in [0.25, 0.3) is 0 Å². The summed E-state index contributed by atoms with van der Waals surface area (Å²) in [4.78, 5) is 4.63. The molecule has 1 aromatic heterocycles. The lowest BCUT2D eigenvalue weighted by Gasteiger charge is -2.32. The van der Waals surface area contributed by atoms with Crippen LogP contribution in [0, 0.1) is 19.8 Å². The molecule has 0 aromatic carbocycles. The van der Waals surface area contributed by atoms with Crippen LogP contribution in [0.5, 0.6) is 0 Å². The molecule has 1 unspecified atom stereocenters. The normalized spacial score (nSPS) is 18.5. The molecule has 1 atom stereocenters. The van der Waals surface area contributed by atoms with Gasteiger partial charge < -0.3 is 10.1 Å². The molecule has 3 nitrogen and oxygen atoms in total. The Bertz CT molecular complexity index is 400. The largest absolute Gasteiger partial charge is 0.381 e. The van der Waals surface area contributed by atoms with Crippen molar-refractivity contribution in [3.05, 3.63) is 29.1 Å². The smallest absolute Gasteiger partial charge is 0.0469 e. The maximum atomic E-state index is 5.50. The highest BCUT2D eigenvalue weighted by Crippen LogP contribution is 2.31. The summed E-state index contributed by atoms with van der Waals surface area (Å²) in [5, 5.41) is 3.72. The molecule has 0 spiro atoms. The highest BCUT2D eigenvalue weighted by molar-refractivity contribution is 5.26. The number of nitrogens with one attached hydrogen (secondary N) is 1. The van der Waals surface area contributed by atoms with Crippen molar-refractivity contribution in [2.45, 2.75) is 46.1 Å². The monoisotopic (exact) mass is 262 g/mol. The molecular weight excluding hydrogens is 236 g/mol. The highest BCUT2D eigenvalue weighted by Gasteiger charge is 2.26. The molecule has 106 valence electrons. The lowest BCUT2D eigenvalue weighted by molar-refractivity contribution is 0.0535. The average Bonchev–Trinajstić information content (AvgIpc) is 2.42. The third-order valence-electron chi connectivity index (χ3n) is 3.95. The van der Waals surface area contributed by atoms with Crippen LogP contribution in [0.2, 0.25) is 0 Å². The van der Waals surface area contributed by atoms with Crippen LogP contribution < -0.4 is 5.32 Å². The van der Waals surface area contributed by atoms with E-state index in [0.717, 1.165) is 44.7 Å². The zero-order valence-electron chi connectivity index (χ0n) is 12.4. The molecule has 2 heterocycles. The second-order valence-corrected chi connectivity index (χ2v) is 5.51. The zero-order chi connectivity index (χ0) is 13.7. The van der Waals surface area contributed by atoms with E-state index in [-0.39, 0.29) is 0 Å². The van der Waals surface area contributed by atoms with Crippen molar-refractivity contribution >= 4 is 0 Å². The Morgan fingerprint density at radius 2 is 2.05 bits per heavy atom. The van der Waals surface area contributed by atoms with Gasteiger partial charge in [0.05, 0.1) is 0 Å². The maximum absolute atomic E-state index is 5.50. The minimum absolute atomic E-state index is 0.428. The number of hydrogen-bond donors (Lipinski definition) is 1. The van der Waals surface area contributed by atoms with Crippen molar-refractivity contribution < 1.29 is 4.74 Å². The van der Waals surface area contributed by atoms with Gasteiger partial charge in [0.2, 0.25) is 0 Å². The molecule has 0 bridgehead atoms. The second-order valence-electron chi connectivity index (χ2n) is 5.51. The Hall–Kier alpha value is -0.930. The number of nitrogens with zero attached hydrogens (tertiary/aromatic N) is 1. The molecule has 2 rings (SSSR count). The van der Waals surface area contributed by atoms with E-state index in [1.807, 2.05) is 0 Å². The summed E-state index contributed by atoms with van der Waals surface area (Å²) >= 11 is 0. The van der Waals surface area contributed by atoms with E-state index in [2.05, 4.69) is 43.2 Å². The summed E-state index contributed by atoms with van der Waals surface area (Å²) in [6.45, 7) is 9.26. The van der Waals surface area contributed by atoms with E-state index in [1.165, 1.54) is 11.3 Å². The van der Waals surface area contributed by atoms with E-state index in [0.29, 0.717) is 12.0 Å². The first kappa shape index (κ1) is 14.5. The fourth-order valence-electron chi connectivity index (χ4n) is 2.91. The number of aryl methyl sites for hydroxylation is 2. The molecule has 1 fully saturated rings. The zero-order valence-corrected chi connectivity index (χ0v) is 12.4. The van der Waals surface area contributed by atoms with E-state index in [1.54, 1.807) is 0 Å². The van der Waals surface area contributed by atoms with Gasteiger partial charge in [-0.3, -0.25) is 4.98 Å². The number of pyridine rings is 1. The van der Waals surface area contributed by atoms with E-state index >= 15 is 0 Å². The van der Waals surface area contributed by atoms with Gasteiger partial charge >= 0.3 is 0 Å². The third kappa shape index (κ3) is 3.77. The Kier molecular flexibility index (Phi) is 5.34. The van der Waals surface area contributed by atoms with Crippen molar-refractivity contribution in [2.75, 3.05) is 19.8 Å². The van der Waals surface area contributed by atoms with Crippen LogP contribution in [0.4, 0.5) is 0 Å². The molecule has 0 saturated carbocycles. The first-order chi connectivity index (χ1) is 9.22. The second kappa shape index (κ2) is 7.01. The molecule has 1 saturated heterocycles. The summed E-state index contributed by atoms with van der Waals surface area (Å²) < 4.78 is 5.50. The molecule has 3 heteroatoms. The fraction of sp³-hybridized carbons (Fsp3) is 0.688. The molecule has 1 aliphatic rings. The van der Waals surface area contributed by atoms with Gasteiger partial charge in [-0.25, -0.2) is 0 Å². The number of ether oxygens (including phenoxy) is 1. The molecule has 19 heavy (non-hydrogen) atoms. The predicted octanol–water partition coefficient (Wildman–Crippen LogP) is 3.17. The average molecular weight is 262 g/mol. The number of aromatic nitrogens is 1. The van der Waals surface area contributed by atoms with Crippen LogP contribution in [-0.4, -0.2) is 24.7 Å². The minimum Gasteiger partial charge on any atom is -0.381 e. The van der Waals surface area contributed by atoms with Crippen molar-refractivity contribution in [3.8, 4) is 0 Å². The predicted molar refractivity (Wildman–Crippen MR) is 78.3 cm³/mol. The van der Waals surface area contributed by atoms with Gasteiger partial charge in [-0.05, 0) is 57.2 Å². The van der Waals surface area contributed by atoms with Gasteiger partial charge in [0.1, 0.15) is 0 Å². The van der Waals surface area contributed by atoms with Crippen LogP contribution in [0.1, 0.15) is 49.2 Å². The van der Waals surface area contributed by atoms with Crippen molar-refractivity contribution in [1.29, 1.82) is 0 Å². The molecule has 1 aliphatic heterocycles. The van der Waals surface area contributed by atoms with E-state index in [4.69, 9.17) is 4.74 Å². The minimum atomic E-state index is 0.428. The Labute approximate surface area is 116 Å². The van der Waals surface area contributed by atoms with Crippen LogP contribution in [-0.2, 0) is 4.74 Å². The van der Waals surface area contributed by atoms with Crippen molar-refractivity contribution in [3.63, 3.8) is 0 Å². The van der Waals surface area contributed by atoms with E-state index < -0.39 is 0 Å². The SMILES string of the molecule is CCCNC(c1ccc(C)nc1C)C1CCOCC1. The first-order valence-corrected chi connectivity index (χ1v) is 7.47. The maximum Gasteiger partial charge on any atom is 0.0469 e. The fourth-order valence-corrected chi connectivity index (χ4v) is 2.91. The summed E-state index contributed by atoms with van der Waals surface area (Å²) in [5.41, 5.74) is 3.63. The summed E-state index contributed by atoms with van der Waals surface area (Å²) in [6, 6.07) is 4.81. The van der Waals surface area contributed by atoms with Gasteiger partial charge in [0.25, 0.3) is 0 Å². The standard InChI is InChI=1S/C16H26N2O/c1-4-9-17-16(14-7-10-19-11-8-14)15-6-5-12(2)18-13(15)3/h5-6,14,16-17H,4,7-11H2,1-3H3. The van der Waals surface area contributed by atoms with Crippen LogP contribution >= 0.6 is 0 Å². The van der Waals surface area contributed by atoms with Crippen molar-refractivity contribution in [2.24, 2.45) is 5.92 Å². The molecular formula is C16H26N2O. The first-order valence-electron chi connectivity index (χ1n) is 7.47. The Balaban J connectivity index is 2.19. The van der Waals surface area contributed by atoms with E-state index in [9.17, 15) is 0 Å². The lowest BCUT2D eigenvalue weighted by Crippen LogP contribution is -2.33. The quantitative estimate of drug-likeness (QED) is 0.885. The van der Waals surface area contributed by atoms with Crippen LogP contribution in [0.15, 0.2) is 12.1 Å². The molecule has 0 amide bonds. The molecule has 0 aliphatic carbocycles. The van der Waals surface area contributed by atoms with Gasteiger partial charge in [-0.15, -0.1) is 0 Å². The number of hydrogen-bond acceptors (Lipinski definition) is 3. The molecule has 1 N–H and O–H groups in total. The van der Waals surface area contributed by atoms with Gasteiger partial charge in [-0.1, -0.05) is 13.0 Å². The topological polar surface area (TPSA) is 34.2 Å². The number of rotatable bonds is 5. The summed E-state index contributed by atoms with van der Waals surface area (Å²) in [7, 11) is 0. The Morgan fingerprint density at radius 3 is 2.68 bits per heavy atom.